The maximum absolute atomic E-state index is 12.1. The Balaban J connectivity index is 1.87. The third kappa shape index (κ3) is 4.00. The van der Waals surface area contributed by atoms with E-state index in [1.807, 2.05) is 38.1 Å². The number of benzene rings is 1. The van der Waals surface area contributed by atoms with E-state index in [2.05, 4.69) is 10.4 Å². The maximum atomic E-state index is 12.1. The lowest BCUT2D eigenvalue weighted by molar-refractivity contribution is 0.0926. The summed E-state index contributed by atoms with van der Waals surface area (Å²) in [5, 5.41) is 6.97. The smallest absolute Gasteiger partial charge is 0.254 e. The van der Waals surface area contributed by atoms with Gasteiger partial charge in [0.2, 0.25) is 0 Å². The molecule has 0 saturated carbocycles. The molecule has 2 rings (SSSR count). The van der Waals surface area contributed by atoms with E-state index in [1.54, 1.807) is 24.2 Å². The monoisotopic (exact) mass is 303 g/mol. The molecule has 0 unspecified atom stereocenters. The molecule has 0 radical (unpaired) electrons. The number of carbonyl (C=O) groups is 1. The van der Waals surface area contributed by atoms with E-state index in [0.29, 0.717) is 23.7 Å². The number of methoxy groups -OCH3 is 1. The molecule has 1 amide bonds. The van der Waals surface area contributed by atoms with Crippen LogP contribution in [-0.2, 0) is 6.54 Å². The van der Waals surface area contributed by atoms with Gasteiger partial charge in [-0.1, -0.05) is 12.1 Å². The van der Waals surface area contributed by atoms with Crippen molar-refractivity contribution >= 4 is 5.91 Å². The van der Waals surface area contributed by atoms with E-state index in [-0.39, 0.29) is 11.9 Å². The second kappa shape index (κ2) is 7.49. The van der Waals surface area contributed by atoms with Crippen molar-refractivity contribution in [2.45, 2.75) is 26.4 Å². The lowest BCUT2D eigenvalue weighted by Crippen LogP contribution is -2.36. The maximum Gasteiger partial charge on any atom is 0.254 e. The first-order chi connectivity index (χ1) is 10.6. The van der Waals surface area contributed by atoms with Crippen LogP contribution in [0.2, 0.25) is 0 Å². The number of aryl methyl sites for hydroxylation is 1. The van der Waals surface area contributed by atoms with Crippen LogP contribution in [0.5, 0.6) is 11.5 Å². The molecular weight excluding hydrogens is 282 g/mol. The molecule has 1 N–H and O–H groups in total. The highest BCUT2D eigenvalue weighted by molar-refractivity contribution is 5.93. The predicted molar refractivity (Wildman–Crippen MR) is 83.3 cm³/mol. The number of rotatable bonds is 7. The van der Waals surface area contributed by atoms with E-state index in [9.17, 15) is 4.79 Å². The third-order valence-electron chi connectivity index (χ3n) is 3.15. The summed E-state index contributed by atoms with van der Waals surface area (Å²) in [4.78, 5) is 12.1. The Hall–Kier alpha value is -2.50. The summed E-state index contributed by atoms with van der Waals surface area (Å²) < 4.78 is 12.6. The predicted octanol–water partition coefficient (Wildman–Crippen LogP) is 2.11. The van der Waals surface area contributed by atoms with Gasteiger partial charge in [-0.3, -0.25) is 9.48 Å². The first kappa shape index (κ1) is 15.9. The second-order valence-electron chi connectivity index (χ2n) is 4.92. The van der Waals surface area contributed by atoms with E-state index in [4.69, 9.17) is 9.47 Å². The molecule has 1 atom stereocenters. The van der Waals surface area contributed by atoms with Gasteiger partial charge >= 0.3 is 0 Å². The molecule has 6 nitrogen and oxygen atoms in total. The van der Waals surface area contributed by atoms with Crippen molar-refractivity contribution in [1.29, 1.82) is 0 Å². The Morgan fingerprint density at radius 3 is 2.73 bits per heavy atom. The number of hydrogen-bond acceptors (Lipinski definition) is 4. The average molecular weight is 303 g/mol. The zero-order valence-corrected chi connectivity index (χ0v) is 13.1. The average Bonchev–Trinajstić information content (AvgIpc) is 3.02. The Morgan fingerprint density at radius 1 is 1.36 bits per heavy atom. The van der Waals surface area contributed by atoms with Gasteiger partial charge in [-0.25, -0.2) is 0 Å². The van der Waals surface area contributed by atoms with Crippen molar-refractivity contribution in [2.75, 3.05) is 13.7 Å². The van der Waals surface area contributed by atoms with Crippen LogP contribution in [0.25, 0.3) is 0 Å². The molecule has 6 heteroatoms. The van der Waals surface area contributed by atoms with Gasteiger partial charge in [-0.05, 0) is 26.0 Å². The lowest BCUT2D eigenvalue weighted by atomic mass is 10.3. The number of hydrogen-bond donors (Lipinski definition) is 1. The number of para-hydroxylation sites is 2. The van der Waals surface area contributed by atoms with E-state index >= 15 is 0 Å². The quantitative estimate of drug-likeness (QED) is 0.851. The summed E-state index contributed by atoms with van der Waals surface area (Å²) >= 11 is 0. The van der Waals surface area contributed by atoms with Crippen molar-refractivity contribution in [3.63, 3.8) is 0 Å². The highest BCUT2D eigenvalue weighted by Gasteiger charge is 2.13. The van der Waals surface area contributed by atoms with Gasteiger partial charge in [0.25, 0.3) is 5.91 Å². The molecule has 1 aromatic heterocycles. The molecule has 0 aliphatic heterocycles. The minimum Gasteiger partial charge on any atom is -0.493 e. The molecule has 2 aromatic rings. The van der Waals surface area contributed by atoms with Gasteiger partial charge in [-0.2, -0.15) is 5.10 Å². The standard InChI is InChI=1S/C16H21N3O3/c1-4-19-10-13(9-17-19)16(20)18-12(2)11-22-15-8-6-5-7-14(15)21-3/h5-10,12H,4,11H2,1-3H3,(H,18,20)/t12-/m0/s1. The summed E-state index contributed by atoms with van der Waals surface area (Å²) in [6, 6.07) is 7.28. The van der Waals surface area contributed by atoms with Gasteiger partial charge in [0, 0.05) is 12.7 Å². The molecule has 0 bridgehead atoms. The van der Waals surface area contributed by atoms with Gasteiger partial charge in [0.15, 0.2) is 11.5 Å². The molecule has 0 spiro atoms. The largest absolute Gasteiger partial charge is 0.493 e. The molecule has 0 aliphatic rings. The summed E-state index contributed by atoms with van der Waals surface area (Å²) in [7, 11) is 1.60. The molecule has 0 fully saturated rings. The minimum absolute atomic E-state index is 0.137. The number of aromatic nitrogens is 2. The van der Waals surface area contributed by atoms with Gasteiger partial charge in [0.05, 0.1) is 24.9 Å². The van der Waals surface area contributed by atoms with Crippen molar-refractivity contribution in [3.8, 4) is 11.5 Å². The summed E-state index contributed by atoms with van der Waals surface area (Å²) in [5.41, 5.74) is 0.547. The normalized spacial score (nSPS) is 11.8. The number of ether oxygens (including phenoxy) is 2. The van der Waals surface area contributed by atoms with Crippen molar-refractivity contribution < 1.29 is 14.3 Å². The topological polar surface area (TPSA) is 65.4 Å². The Morgan fingerprint density at radius 2 is 2.09 bits per heavy atom. The Bertz CT molecular complexity index is 625. The zero-order valence-electron chi connectivity index (χ0n) is 13.1. The van der Waals surface area contributed by atoms with E-state index in [0.717, 1.165) is 6.54 Å². The van der Waals surface area contributed by atoms with Crippen LogP contribution < -0.4 is 14.8 Å². The van der Waals surface area contributed by atoms with Crippen LogP contribution in [0.1, 0.15) is 24.2 Å². The zero-order chi connectivity index (χ0) is 15.9. The van der Waals surface area contributed by atoms with Crippen molar-refractivity contribution in [2.24, 2.45) is 0 Å². The molecule has 0 aliphatic carbocycles. The van der Waals surface area contributed by atoms with Crippen LogP contribution >= 0.6 is 0 Å². The molecule has 22 heavy (non-hydrogen) atoms. The fourth-order valence-corrected chi connectivity index (χ4v) is 1.96. The van der Waals surface area contributed by atoms with Crippen LogP contribution in [0, 0.1) is 0 Å². The van der Waals surface area contributed by atoms with Crippen LogP contribution in [0.15, 0.2) is 36.7 Å². The fourth-order valence-electron chi connectivity index (χ4n) is 1.96. The van der Waals surface area contributed by atoms with Gasteiger partial charge in [0.1, 0.15) is 6.61 Å². The number of nitrogens with zero attached hydrogens (tertiary/aromatic N) is 2. The highest BCUT2D eigenvalue weighted by Crippen LogP contribution is 2.25. The van der Waals surface area contributed by atoms with E-state index in [1.165, 1.54) is 0 Å². The van der Waals surface area contributed by atoms with Gasteiger partial charge < -0.3 is 14.8 Å². The second-order valence-corrected chi connectivity index (χ2v) is 4.92. The first-order valence-corrected chi connectivity index (χ1v) is 7.23. The molecule has 1 aromatic carbocycles. The molecule has 0 saturated heterocycles. The van der Waals surface area contributed by atoms with Crippen LogP contribution in [0.4, 0.5) is 0 Å². The Labute approximate surface area is 130 Å². The Kier molecular flexibility index (Phi) is 5.41. The van der Waals surface area contributed by atoms with Crippen molar-refractivity contribution in [1.82, 2.24) is 15.1 Å². The summed E-state index contributed by atoms with van der Waals surface area (Å²) in [6.07, 6.45) is 3.29. The number of amides is 1. The van der Waals surface area contributed by atoms with Crippen molar-refractivity contribution in [3.05, 3.63) is 42.2 Å². The first-order valence-electron chi connectivity index (χ1n) is 7.23. The van der Waals surface area contributed by atoms with Gasteiger partial charge in [-0.15, -0.1) is 0 Å². The lowest BCUT2D eigenvalue weighted by Gasteiger charge is -2.16. The third-order valence-corrected chi connectivity index (χ3v) is 3.15. The SMILES string of the molecule is CCn1cc(C(=O)N[C@@H](C)COc2ccccc2OC)cn1. The number of nitrogens with one attached hydrogen (secondary N) is 1. The molecular formula is C16H21N3O3. The molecule has 118 valence electrons. The van der Waals surface area contributed by atoms with Crippen LogP contribution in [0.3, 0.4) is 0 Å². The fraction of sp³-hybridized carbons (Fsp3) is 0.375. The summed E-state index contributed by atoms with van der Waals surface area (Å²) in [5.74, 6) is 1.17. The van der Waals surface area contributed by atoms with Crippen LogP contribution in [-0.4, -0.2) is 35.4 Å². The molecule has 1 heterocycles. The number of carbonyl (C=O) groups excluding carboxylic acids is 1. The minimum atomic E-state index is -0.157. The van der Waals surface area contributed by atoms with E-state index < -0.39 is 0 Å². The highest BCUT2D eigenvalue weighted by atomic mass is 16.5. The summed E-state index contributed by atoms with van der Waals surface area (Å²) in [6.45, 7) is 4.95.